The van der Waals surface area contributed by atoms with Crippen molar-refractivity contribution in [2.75, 3.05) is 24.5 Å². The number of ether oxygens (including phenoxy) is 1. The molecule has 1 saturated heterocycles. The maximum Gasteiger partial charge on any atom is 0.407 e. The van der Waals surface area contributed by atoms with Crippen LogP contribution in [-0.2, 0) is 14.3 Å². The van der Waals surface area contributed by atoms with Gasteiger partial charge in [-0.3, -0.25) is 14.6 Å². The molecule has 1 aliphatic rings. The molecule has 1 aromatic heterocycles. The number of hydrogen-bond donors (Lipinski definition) is 1. The molecule has 8 heteroatoms. The Morgan fingerprint density at radius 2 is 2.00 bits per heavy atom. The molecule has 1 N–H and O–H groups in total. The normalized spacial score (nSPS) is 15.9. The minimum atomic E-state index is -1.12. The van der Waals surface area contributed by atoms with Gasteiger partial charge in [0.1, 0.15) is 17.9 Å². The number of carbonyl (C=O) groups excluding carboxylic acids is 2. The Morgan fingerprint density at radius 3 is 2.58 bits per heavy atom. The second-order valence-corrected chi connectivity index (χ2v) is 6.29. The zero-order chi connectivity index (χ0) is 17.9. The third-order valence-electron chi connectivity index (χ3n) is 3.16. The molecule has 0 saturated carbocycles. The van der Waals surface area contributed by atoms with Crippen LogP contribution in [0.3, 0.4) is 0 Å². The van der Waals surface area contributed by atoms with E-state index in [0.29, 0.717) is 11.6 Å². The van der Waals surface area contributed by atoms with Gasteiger partial charge in [-0.2, -0.15) is 0 Å². The molecule has 8 nitrogen and oxygen atoms in total. The molecule has 0 atom stereocenters. The van der Waals surface area contributed by atoms with Crippen LogP contribution < -0.4 is 4.90 Å². The van der Waals surface area contributed by atoms with Gasteiger partial charge in [0, 0.05) is 25.2 Å². The number of furan rings is 1. The zero-order valence-electron chi connectivity index (χ0n) is 13.8. The van der Waals surface area contributed by atoms with Crippen molar-refractivity contribution in [3.8, 4) is 0 Å². The van der Waals surface area contributed by atoms with Gasteiger partial charge in [0.05, 0.1) is 0 Å². The van der Waals surface area contributed by atoms with Gasteiger partial charge >= 0.3 is 12.1 Å². The van der Waals surface area contributed by atoms with Crippen LogP contribution in [0.15, 0.2) is 22.6 Å². The summed E-state index contributed by atoms with van der Waals surface area (Å²) in [6.45, 7) is 5.53. The second kappa shape index (κ2) is 6.77. The highest BCUT2D eigenvalue weighted by Crippen LogP contribution is 2.22. The van der Waals surface area contributed by atoms with Crippen LogP contribution >= 0.6 is 0 Å². The summed E-state index contributed by atoms with van der Waals surface area (Å²) < 4.78 is 10.7. The van der Waals surface area contributed by atoms with E-state index in [1.807, 2.05) is 0 Å². The Hall–Kier alpha value is -2.77. The molecule has 0 unspecified atom stereocenters. The second-order valence-electron chi connectivity index (χ2n) is 6.29. The van der Waals surface area contributed by atoms with Gasteiger partial charge in [-0.1, -0.05) is 0 Å². The first-order valence-electron chi connectivity index (χ1n) is 7.45. The predicted octanol–water partition coefficient (Wildman–Crippen LogP) is 1.96. The van der Waals surface area contributed by atoms with Gasteiger partial charge in [0.15, 0.2) is 0 Å². The molecule has 0 spiro atoms. The molecule has 2 amide bonds. The standard InChI is InChI=1S/C16H20N2O6/c1-16(2,3)24-14(20)7-5-11-4-6-13(23-11)18-9-8-17(15(21)22)10-12(18)19/h4-7H,8-10H2,1-3H3,(H,21,22). The fraction of sp³-hybridized carbons (Fsp3) is 0.438. The van der Waals surface area contributed by atoms with E-state index in [-0.39, 0.29) is 25.5 Å². The zero-order valence-corrected chi connectivity index (χ0v) is 13.8. The van der Waals surface area contributed by atoms with Crippen molar-refractivity contribution < 1.29 is 28.6 Å². The fourth-order valence-corrected chi connectivity index (χ4v) is 2.13. The van der Waals surface area contributed by atoms with Crippen molar-refractivity contribution >= 4 is 29.9 Å². The first-order valence-corrected chi connectivity index (χ1v) is 7.45. The molecule has 0 bridgehead atoms. The molecule has 1 aliphatic heterocycles. The minimum absolute atomic E-state index is 0.209. The van der Waals surface area contributed by atoms with Gasteiger partial charge < -0.3 is 14.3 Å². The summed E-state index contributed by atoms with van der Waals surface area (Å²) >= 11 is 0. The number of carboxylic acid groups (broad SMARTS) is 1. The number of piperazine rings is 1. The van der Waals surface area contributed by atoms with Crippen LogP contribution in [-0.4, -0.2) is 53.2 Å². The molecule has 0 aliphatic carbocycles. The SMILES string of the molecule is CC(C)(C)OC(=O)C=Cc1ccc(N2CCN(C(=O)O)CC2=O)o1. The number of rotatable bonds is 3. The Morgan fingerprint density at radius 1 is 1.29 bits per heavy atom. The third-order valence-corrected chi connectivity index (χ3v) is 3.16. The van der Waals surface area contributed by atoms with Crippen molar-refractivity contribution in [1.29, 1.82) is 0 Å². The minimum Gasteiger partial charge on any atom is -0.465 e. The lowest BCUT2D eigenvalue weighted by Crippen LogP contribution is -2.52. The molecule has 1 aromatic rings. The first kappa shape index (κ1) is 17.6. The number of esters is 1. The lowest BCUT2D eigenvalue weighted by atomic mass is 10.2. The number of nitrogens with zero attached hydrogens (tertiary/aromatic N) is 2. The summed E-state index contributed by atoms with van der Waals surface area (Å²) in [7, 11) is 0. The van der Waals surface area contributed by atoms with Crippen molar-refractivity contribution in [2.24, 2.45) is 0 Å². The third kappa shape index (κ3) is 4.61. The topological polar surface area (TPSA) is 100 Å². The van der Waals surface area contributed by atoms with Crippen LogP contribution in [0.5, 0.6) is 0 Å². The van der Waals surface area contributed by atoms with Crippen molar-refractivity contribution in [3.05, 3.63) is 24.0 Å². The summed E-state index contributed by atoms with van der Waals surface area (Å²) in [4.78, 5) is 36.9. The van der Waals surface area contributed by atoms with Crippen LogP contribution in [0.1, 0.15) is 26.5 Å². The molecule has 2 heterocycles. The van der Waals surface area contributed by atoms with E-state index in [1.165, 1.54) is 17.1 Å². The number of anilines is 1. The number of carbonyl (C=O) groups is 3. The highest BCUT2D eigenvalue weighted by Gasteiger charge is 2.29. The van der Waals surface area contributed by atoms with E-state index in [9.17, 15) is 14.4 Å². The van der Waals surface area contributed by atoms with Crippen LogP contribution in [0.4, 0.5) is 10.7 Å². The largest absolute Gasteiger partial charge is 0.465 e. The summed E-state index contributed by atoms with van der Waals surface area (Å²) in [6, 6.07) is 3.22. The van der Waals surface area contributed by atoms with Gasteiger partial charge in [-0.15, -0.1) is 0 Å². The van der Waals surface area contributed by atoms with Crippen molar-refractivity contribution in [3.63, 3.8) is 0 Å². The van der Waals surface area contributed by atoms with Crippen molar-refractivity contribution in [1.82, 2.24) is 4.90 Å². The van der Waals surface area contributed by atoms with Crippen LogP contribution in [0, 0.1) is 0 Å². The summed E-state index contributed by atoms with van der Waals surface area (Å²) in [5.74, 6) is -0.148. The average molecular weight is 336 g/mol. The van der Waals surface area contributed by atoms with Crippen LogP contribution in [0.25, 0.3) is 6.08 Å². The highest BCUT2D eigenvalue weighted by molar-refractivity contribution is 5.96. The van der Waals surface area contributed by atoms with E-state index < -0.39 is 17.7 Å². The quantitative estimate of drug-likeness (QED) is 0.669. The van der Waals surface area contributed by atoms with Gasteiger partial charge in [0.2, 0.25) is 11.8 Å². The van der Waals surface area contributed by atoms with E-state index in [2.05, 4.69) is 0 Å². The smallest absolute Gasteiger partial charge is 0.407 e. The molecule has 130 valence electrons. The summed E-state index contributed by atoms with van der Waals surface area (Å²) in [5, 5.41) is 8.90. The van der Waals surface area contributed by atoms with E-state index in [1.54, 1.807) is 32.9 Å². The maximum absolute atomic E-state index is 12.0. The van der Waals surface area contributed by atoms with Gasteiger partial charge in [-0.25, -0.2) is 9.59 Å². The lowest BCUT2D eigenvalue weighted by molar-refractivity contribution is -0.148. The lowest BCUT2D eigenvalue weighted by Gasteiger charge is -2.30. The van der Waals surface area contributed by atoms with Crippen molar-refractivity contribution in [2.45, 2.75) is 26.4 Å². The Balaban J connectivity index is 2.00. The molecule has 24 heavy (non-hydrogen) atoms. The molecule has 1 fully saturated rings. The molecule has 0 radical (unpaired) electrons. The average Bonchev–Trinajstić information content (AvgIpc) is 2.91. The summed E-state index contributed by atoms with van der Waals surface area (Å²) in [6.07, 6.45) is 1.58. The molecule has 2 rings (SSSR count). The van der Waals surface area contributed by atoms with E-state index in [4.69, 9.17) is 14.3 Å². The molecule has 0 aromatic carbocycles. The Kier molecular flexibility index (Phi) is 4.96. The highest BCUT2D eigenvalue weighted by atomic mass is 16.6. The van der Waals surface area contributed by atoms with Crippen LogP contribution in [0.2, 0.25) is 0 Å². The summed E-state index contributed by atoms with van der Waals surface area (Å²) in [5.41, 5.74) is -0.577. The predicted molar refractivity (Wildman–Crippen MR) is 85.5 cm³/mol. The molecular weight excluding hydrogens is 316 g/mol. The maximum atomic E-state index is 12.0. The van der Waals surface area contributed by atoms with Gasteiger partial charge in [0.25, 0.3) is 0 Å². The number of hydrogen-bond acceptors (Lipinski definition) is 5. The van der Waals surface area contributed by atoms with E-state index >= 15 is 0 Å². The monoisotopic (exact) mass is 336 g/mol. The fourth-order valence-electron chi connectivity index (χ4n) is 2.13. The van der Waals surface area contributed by atoms with E-state index in [0.717, 1.165) is 4.90 Å². The Bertz CT molecular complexity index is 670. The first-order chi connectivity index (χ1) is 11.2. The van der Waals surface area contributed by atoms with Gasteiger partial charge in [-0.05, 0) is 32.9 Å². The molecular formula is C16H20N2O6. The Labute approximate surface area is 139 Å². The number of amides is 2.